The number of amides is 1. The molecule has 6 heteroatoms. The van der Waals surface area contributed by atoms with E-state index in [1.807, 2.05) is 0 Å². The lowest BCUT2D eigenvalue weighted by Crippen LogP contribution is -2.53. The second kappa shape index (κ2) is 6.69. The molecule has 5 nitrogen and oxygen atoms in total. The minimum absolute atomic E-state index is 0.0715. The van der Waals surface area contributed by atoms with Crippen LogP contribution in [-0.4, -0.2) is 56.4 Å². The third-order valence-corrected chi connectivity index (χ3v) is 5.54. The minimum Gasteiger partial charge on any atom is -0.497 e. The van der Waals surface area contributed by atoms with Crippen molar-refractivity contribution >= 4 is 5.91 Å². The third-order valence-electron chi connectivity index (χ3n) is 5.54. The zero-order valence-electron chi connectivity index (χ0n) is 14.4. The number of nitrogens with zero attached hydrogens (tertiary/aromatic N) is 1. The molecule has 2 fully saturated rings. The largest absolute Gasteiger partial charge is 0.497 e. The normalized spacial score (nSPS) is 29.4. The highest BCUT2D eigenvalue weighted by Crippen LogP contribution is 2.43. The van der Waals surface area contributed by atoms with E-state index in [9.17, 15) is 9.18 Å². The first-order valence-electron chi connectivity index (χ1n) is 8.27. The van der Waals surface area contributed by atoms with Gasteiger partial charge in [-0.25, -0.2) is 4.39 Å². The molecule has 132 valence electrons. The molecule has 0 unspecified atom stereocenters. The Morgan fingerprint density at radius 2 is 2.08 bits per heavy atom. The summed E-state index contributed by atoms with van der Waals surface area (Å²) in [5.41, 5.74) is -0.268. The van der Waals surface area contributed by atoms with E-state index in [1.165, 1.54) is 19.2 Å². The van der Waals surface area contributed by atoms with E-state index in [0.717, 1.165) is 19.3 Å². The van der Waals surface area contributed by atoms with Crippen LogP contribution < -0.4 is 4.74 Å². The first-order chi connectivity index (χ1) is 11.5. The average Bonchev–Trinajstić information content (AvgIpc) is 3.00. The Morgan fingerprint density at radius 1 is 1.29 bits per heavy atom. The van der Waals surface area contributed by atoms with Gasteiger partial charge in [0, 0.05) is 26.8 Å². The molecule has 1 saturated carbocycles. The lowest BCUT2D eigenvalue weighted by atomic mass is 9.79. The molecule has 0 bridgehead atoms. The molecule has 1 amide bonds. The Kier molecular flexibility index (Phi) is 4.78. The maximum Gasteiger partial charge on any atom is 0.257 e. The molecule has 0 aromatic heterocycles. The number of likely N-dealkylation sites (tertiary alicyclic amines) is 1. The van der Waals surface area contributed by atoms with E-state index in [1.54, 1.807) is 25.2 Å². The SMILES string of the molecule is COc1ccc(C(=O)N2CC[C@]3(OC)CC[C@H](OC)C[C@H]23)c(F)c1. The number of hydrogen-bond acceptors (Lipinski definition) is 4. The molecule has 1 heterocycles. The number of ether oxygens (including phenoxy) is 3. The van der Waals surface area contributed by atoms with Crippen LogP contribution in [0, 0.1) is 5.82 Å². The number of hydrogen-bond donors (Lipinski definition) is 0. The molecule has 3 atom stereocenters. The number of fused-ring (bicyclic) bond motifs is 1. The van der Waals surface area contributed by atoms with Gasteiger partial charge in [-0.2, -0.15) is 0 Å². The van der Waals surface area contributed by atoms with Gasteiger partial charge in [0.2, 0.25) is 0 Å². The van der Waals surface area contributed by atoms with E-state index >= 15 is 0 Å². The fraction of sp³-hybridized carbons (Fsp3) is 0.611. The molecule has 3 rings (SSSR count). The molecule has 2 aliphatic rings. The van der Waals surface area contributed by atoms with Crippen molar-refractivity contribution in [3.05, 3.63) is 29.6 Å². The highest BCUT2D eigenvalue weighted by molar-refractivity contribution is 5.95. The van der Waals surface area contributed by atoms with Gasteiger partial charge in [-0.05, 0) is 37.8 Å². The quantitative estimate of drug-likeness (QED) is 0.847. The van der Waals surface area contributed by atoms with Gasteiger partial charge in [0.25, 0.3) is 5.91 Å². The van der Waals surface area contributed by atoms with Crippen LogP contribution in [-0.2, 0) is 9.47 Å². The predicted octanol–water partition coefficient (Wildman–Crippen LogP) is 2.63. The van der Waals surface area contributed by atoms with E-state index in [4.69, 9.17) is 14.2 Å². The van der Waals surface area contributed by atoms with Crippen molar-refractivity contribution in [1.82, 2.24) is 4.90 Å². The van der Waals surface area contributed by atoms with Gasteiger partial charge < -0.3 is 19.1 Å². The summed E-state index contributed by atoms with van der Waals surface area (Å²) in [5, 5.41) is 0. The monoisotopic (exact) mass is 337 g/mol. The van der Waals surface area contributed by atoms with Gasteiger partial charge in [0.15, 0.2) is 0 Å². The fourth-order valence-electron chi connectivity index (χ4n) is 4.07. The summed E-state index contributed by atoms with van der Waals surface area (Å²) in [5.74, 6) is -0.460. The maximum atomic E-state index is 14.3. The molecule has 1 aromatic carbocycles. The Bertz CT molecular complexity index is 623. The first kappa shape index (κ1) is 17.2. The molecule has 0 spiro atoms. The van der Waals surface area contributed by atoms with Crippen molar-refractivity contribution in [2.24, 2.45) is 0 Å². The van der Waals surface area contributed by atoms with Crippen LogP contribution in [0.2, 0.25) is 0 Å². The zero-order chi connectivity index (χ0) is 17.3. The van der Waals surface area contributed by atoms with Crippen LogP contribution in [0.1, 0.15) is 36.0 Å². The summed E-state index contributed by atoms with van der Waals surface area (Å²) >= 11 is 0. The smallest absolute Gasteiger partial charge is 0.257 e. The average molecular weight is 337 g/mol. The van der Waals surface area contributed by atoms with Crippen molar-refractivity contribution < 1.29 is 23.4 Å². The number of halogens is 1. The summed E-state index contributed by atoms with van der Waals surface area (Å²) < 4.78 is 30.6. The van der Waals surface area contributed by atoms with Gasteiger partial charge in [0.05, 0.1) is 30.4 Å². The van der Waals surface area contributed by atoms with Crippen molar-refractivity contribution in [1.29, 1.82) is 0 Å². The molecule has 0 N–H and O–H groups in total. The molecular weight excluding hydrogens is 313 g/mol. The molecule has 1 aliphatic heterocycles. The number of benzene rings is 1. The van der Waals surface area contributed by atoms with E-state index in [-0.39, 0.29) is 29.2 Å². The van der Waals surface area contributed by atoms with Crippen LogP contribution in [0.4, 0.5) is 4.39 Å². The number of carbonyl (C=O) groups is 1. The number of methoxy groups -OCH3 is 3. The van der Waals surface area contributed by atoms with Crippen LogP contribution in [0.3, 0.4) is 0 Å². The molecule has 0 radical (unpaired) electrons. The third kappa shape index (κ3) is 2.78. The van der Waals surface area contributed by atoms with E-state index in [0.29, 0.717) is 18.7 Å². The standard InChI is InChI=1S/C18H24FNO4/c1-22-12-4-5-14(15(19)10-12)17(21)20-9-8-18(24-3)7-6-13(23-2)11-16(18)20/h4-5,10,13,16H,6-9,11H2,1-3H3/t13-,16-,18+/m0/s1. The highest BCUT2D eigenvalue weighted by atomic mass is 19.1. The van der Waals surface area contributed by atoms with Crippen molar-refractivity contribution in [3.63, 3.8) is 0 Å². The second-order valence-electron chi connectivity index (χ2n) is 6.51. The van der Waals surface area contributed by atoms with Crippen molar-refractivity contribution in [2.45, 2.75) is 43.4 Å². The van der Waals surface area contributed by atoms with E-state index in [2.05, 4.69) is 0 Å². The summed E-state index contributed by atoms with van der Waals surface area (Å²) in [4.78, 5) is 14.7. The molecule has 24 heavy (non-hydrogen) atoms. The summed E-state index contributed by atoms with van der Waals surface area (Å²) in [6.07, 6.45) is 3.36. The topological polar surface area (TPSA) is 48.0 Å². The highest BCUT2D eigenvalue weighted by Gasteiger charge is 2.52. The lowest BCUT2D eigenvalue weighted by Gasteiger charge is -2.43. The van der Waals surface area contributed by atoms with Crippen LogP contribution in [0.25, 0.3) is 0 Å². The Balaban J connectivity index is 1.87. The first-order valence-corrected chi connectivity index (χ1v) is 8.27. The zero-order valence-corrected chi connectivity index (χ0v) is 14.4. The summed E-state index contributed by atoms with van der Waals surface area (Å²) in [6, 6.07) is 4.25. The fourth-order valence-corrected chi connectivity index (χ4v) is 4.07. The lowest BCUT2D eigenvalue weighted by molar-refractivity contribution is -0.0894. The summed E-state index contributed by atoms with van der Waals surface area (Å²) in [7, 11) is 4.85. The van der Waals surface area contributed by atoms with Crippen molar-refractivity contribution in [3.8, 4) is 5.75 Å². The molecule has 1 aromatic rings. The number of carbonyl (C=O) groups excluding carboxylic acids is 1. The Labute approximate surface area is 141 Å². The Morgan fingerprint density at radius 3 is 2.71 bits per heavy atom. The minimum atomic E-state index is -0.562. The second-order valence-corrected chi connectivity index (χ2v) is 6.51. The molecule has 1 saturated heterocycles. The number of rotatable bonds is 4. The van der Waals surface area contributed by atoms with Crippen LogP contribution in [0.15, 0.2) is 18.2 Å². The van der Waals surface area contributed by atoms with Gasteiger partial charge in [-0.1, -0.05) is 0 Å². The summed E-state index contributed by atoms with van der Waals surface area (Å²) in [6.45, 7) is 0.569. The predicted molar refractivity (Wildman–Crippen MR) is 86.8 cm³/mol. The van der Waals surface area contributed by atoms with E-state index < -0.39 is 5.82 Å². The van der Waals surface area contributed by atoms with Crippen molar-refractivity contribution in [2.75, 3.05) is 27.9 Å². The Hall–Kier alpha value is -1.66. The van der Waals surface area contributed by atoms with Crippen LogP contribution in [0.5, 0.6) is 5.75 Å². The van der Waals surface area contributed by atoms with Crippen LogP contribution >= 0.6 is 0 Å². The van der Waals surface area contributed by atoms with Gasteiger partial charge in [0.1, 0.15) is 11.6 Å². The van der Waals surface area contributed by atoms with Gasteiger partial charge in [-0.3, -0.25) is 4.79 Å². The van der Waals surface area contributed by atoms with Gasteiger partial charge in [-0.15, -0.1) is 0 Å². The molecule has 1 aliphatic carbocycles. The molecular formula is C18H24FNO4. The maximum absolute atomic E-state index is 14.3. The van der Waals surface area contributed by atoms with Gasteiger partial charge >= 0.3 is 0 Å².